The second kappa shape index (κ2) is 9.12. The lowest BCUT2D eigenvalue weighted by Gasteiger charge is -2.09. The molecule has 0 atom stereocenters. The van der Waals surface area contributed by atoms with Crippen LogP contribution in [0.3, 0.4) is 0 Å². The predicted molar refractivity (Wildman–Crippen MR) is 93.7 cm³/mol. The molecule has 0 saturated heterocycles. The first-order valence-corrected chi connectivity index (χ1v) is 8.19. The fourth-order valence-corrected chi connectivity index (χ4v) is 2.24. The quantitative estimate of drug-likeness (QED) is 0.559. The molecule has 0 unspecified atom stereocenters. The molecule has 1 aromatic carbocycles. The molecule has 1 aromatic heterocycles. The number of carbonyl (C=O) groups excluding carboxylic acids is 2. The van der Waals surface area contributed by atoms with Crippen molar-refractivity contribution >= 4 is 11.8 Å². The molecule has 28 heavy (non-hydrogen) atoms. The largest absolute Gasteiger partial charge is 0.417 e. The van der Waals surface area contributed by atoms with Gasteiger partial charge in [-0.3, -0.25) is 14.6 Å². The van der Waals surface area contributed by atoms with Crippen molar-refractivity contribution in [1.82, 2.24) is 15.6 Å². The van der Waals surface area contributed by atoms with Gasteiger partial charge in [-0.2, -0.15) is 13.2 Å². The van der Waals surface area contributed by atoms with Crippen LogP contribution in [0, 0.1) is 5.82 Å². The molecule has 0 radical (unpaired) electrons. The lowest BCUT2D eigenvalue weighted by atomic mass is 10.1. The van der Waals surface area contributed by atoms with Crippen molar-refractivity contribution in [2.75, 3.05) is 6.54 Å². The number of halogens is 4. The first-order chi connectivity index (χ1) is 13.2. The highest BCUT2D eigenvalue weighted by Crippen LogP contribution is 2.29. The van der Waals surface area contributed by atoms with Crippen molar-refractivity contribution in [2.24, 2.45) is 0 Å². The molecule has 0 aliphatic rings. The monoisotopic (exact) mass is 395 g/mol. The van der Waals surface area contributed by atoms with Crippen molar-refractivity contribution in [3.05, 3.63) is 77.4 Å². The second-order valence-electron chi connectivity index (χ2n) is 5.78. The molecule has 0 spiro atoms. The van der Waals surface area contributed by atoms with Crippen LogP contribution in [-0.4, -0.2) is 23.3 Å². The number of pyridine rings is 1. The highest BCUT2D eigenvalue weighted by molar-refractivity contribution is 5.94. The van der Waals surface area contributed by atoms with E-state index in [0.29, 0.717) is 30.8 Å². The van der Waals surface area contributed by atoms with E-state index in [1.54, 1.807) is 24.3 Å². The van der Waals surface area contributed by atoms with Gasteiger partial charge in [0.1, 0.15) is 5.82 Å². The summed E-state index contributed by atoms with van der Waals surface area (Å²) in [5, 5.41) is 5.03. The van der Waals surface area contributed by atoms with Gasteiger partial charge in [0.2, 0.25) is 5.91 Å². The average molecular weight is 395 g/mol. The molecule has 148 valence electrons. The zero-order chi connectivity index (χ0) is 20.7. The Balaban J connectivity index is 1.91. The maximum atomic E-state index is 13.7. The van der Waals surface area contributed by atoms with Crippen LogP contribution in [0.15, 0.2) is 49.2 Å². The van der Waals surface area contributed by atoms with E-state index in [1.807, 2.05) is 0 Å². The first kappa shape index (κ1) is 21.1. The van der Waals surface area contributed by atoms with Crippen LogP contribution in [0.4, 0.5) is 17.6 Å². The zero-order valence-electron chi connectivity index (χ0n) is 14.6. The molecule has 2 aromatic rings. The summed E-state index contributed by atoms with van der Waals surface area (Å²) in [5.74, 6) is -1.94. The summed E-state index contributed by atoms with van der Waals surface area (Å²) in [6.45, 7) is 3.41. The van der Waals surface area contributed by atoms with Crippen LogP contribution in [0.25, 0.3) is 0 Å². The van der Waals surface area contributed by atoms with Crippen LogP contribution < -0.4 is 10.6 Å². The third-order valence-corrected chi connectivity index (χ3v) is 3.78. The Bertz CT molecular complexity index is 864. The van der Waals surface area contributed by atoms with Crippen LogP contribution in [-0.2, 0) is 23.9 Å². The van der Waals surface area contributed by atoms with E-state index >= 15 is 0 Å². The number of carbonyl (C=O) groups is 2. The number of hydrogen-bond donors (Lipinski definition) is 2. The maximum absolute atomic E-state index is 13.7. The van der Waals surface area contributed by atoms with Gasteiger partial charge in [0, 0.05) is 18.3 Å². The molecule has 1 heterocycles. The van der Waals surface area contributed by atoms with Crippen molar-refractivity contribution < 1.29 is 27.2 Å². The molecule has 0 aliphatic carbocycles. The fourth-order valence-electron chi connectivity index (χ4n) is 2.24. The number of benzene rings is 1. The molecular weight excluding hydrogens is 378 g/mol. The van der Waals surface area contributed by atoms with E-state index < -0.39 is 23.5 Å². The highest BCUT2D eigenvalue weighted by Gasteiger charge is 2.31. The van der Waals surface area contributed by atoms with Crippen LogP contribution in [0.2, 0.25) is 0 Å². The number of nitrogens with zero attached hydrogens (tertiary/aromatic N) is 1. The lowest BCUT2D eigenvalue weighted by Crippen LogP contribution is -2.24. The van der Waals surface area contributed by atoms with E-state index in [-0.39, 0.29) is 18.1 Å². The number of amides is 2. The number of rotatable bonds is 7. The summed E-state index contributed by atoms with van der Waals surface area (Å²) in [6, 6.07) is 6.85. The standard InChI is InChI=1S/C19H17F4N3O2/c1-2-17(27)24-8-7-12-3-5-13(6-4-12)18(28)26-11-16-15(20)9-14(10-25-16)19(21,22)23/h2-6,9-10H,1,7-8,11H2,(H,24,27)(H,26,28). The number of hydrogen-bond acceptors (Lipinski definition) is 3. The van der Waals surface area contributed by atoms with Gasteiger partial charge in [0.05, 0.1) is 17.8 Å². The molecule has 0 bridgehead atoms. The molecule has 0 saturated carbocycles. The van der Waals surface area contributed by atoms with E-state index in [9.17, 15) is 27.2 Å². The van der Waals surface area contributed by atoms with Gasteiger partial charge < -0.3 is 10.6 Å². The van der Waals surface area contributed by atoms with Crippen molar-refractivity contribution in [2.45, 2.75) is 19.1 Å². The summed E-state index contributed by atoms with van der Waals surface area (Å²) in [6.07, 6.45) is -2.44. The van der Waals surface area contributed by atoms with E-state index in [4.69, 9.17) is 0 Å². The van der Waals surface area contributed by atoms with Crippen molar-refractivity contribution in [1.29, 1.82) is 0 Å². The van der Waals surface area contributed by atoms with Gasteiger partial charge >= 0.3 is 6.18 Å². The molecule has 9 heteroatoms. The van der Waals surface area contributed by atoms with E-state index in [1.165, 1.54) is 6.08 Å². The van der Waals surface area contributed by atoms with Crippen LogP contribution in [0.5, 0.6) is 0 Å². The van der Waals surface area contributed by atoms with Crippen molar-refractivity contribution in [3.63, 3.8) is 0 Å². The minimum Gasteiger partial charge on any atom is -0.352 e. The Kier molecular flexibility index (Phi) is 6.86. The number of alkyl halides is 3. The van der Waals surface area contributed by atoms with E-state index in [0.717, 1.165) is 5.56 Å². The Hall–Kier alpha value is -3.23. The van der Waals surface area contributed by atoms with Gasteiger partial charge in [0.25, 0.3) is 5.91 Å². The number of aromatic nitrogens is 1. The van der Waals surface area contributed by atoms with Crippen LogP contribution in [0.1, 0.15) is 27.2 Å². The molecule has 5 nitrogen and oxygen atoms in total. The highest BCUT2D eigenvalue weighted by atomic mass is 19.4. The molecule has 0 aliphatic heterocycles. The normalized spacial score (nSPS) is 11.0. The summed E-state index contributed by atoms with van der Waals surface area (Å²) in [5.41, 5.74) is -0.307. The lowest BCUT2D eigenvalue weighted by molar-refractivity contribution is -0.138. The first-order valence-electron chi connectivity index (χ1n) is 8.19. The van der Waals surface area contributed by atoms with Gasteiger partial charge in [-0.25, -0.2) is 4.39 Å². The molecule has 2 rings (SSSR count). The Morgan fingerprint density at radius 3 is 2.39 bits per heavy atom. The second-order valence-corrected chi connectivity index (χ2v) is 5.78. The minimum absolute atomic E-state index is 0.278. The molecule has 0 fully saturated rings. The molecular formula is C19H17F4N3O2. The maximum Gasteiger partial charge on any atom is 0.417 e. The predicted octanol–water partition coefficient (Wildman–Crippen LogP) is 3.01. The summed E-state index contributed by atoms with van der Waals surface area (Å²) in [4.78, 5) is 26.6. The van der Waals surface area contributed by atoms with Crippen LogP contribution >= 0.6 is 0 Å². The molecule has 2 amide bonds. The van der Waals surface area contributed by atoms with Gasteiger partial charge in [-0.1, -0.05) is 18.7 Å². The molecule has 2 N–H and O–H groups in total. The smallest absolute Gasteiger partial charge is 0.352 e. The average Bonchev–Trinajstić information content (AvgIpc) is 2.66. The summed E-state index contributed by atoms with van der Waals surface area (Å²) in [7, 11) is 0. The Morgan fingerprint density at radius 1 is 1.14 bits per heavy atom. The minimum atomic E-state index is -4.69. The summed E-state index contributed by atoms with van der Waals surface area (Å²) < 4.78 is 51.2. The van der Waals surface area contributed by atoms with Crippen molar-refractivity contribution in [3.8, 4) is 0 Å². The SMILES string of the molecule is C=CC(=O)NCCc1ccc(C(=O)NCc2ncc(C(F)(F)F)cc2F)cc1. The van der Waals surface area contributed by atoms with Gasteiger partial charge in [0.15, 0.2) is 0 Å². The van der Waals surface area contributed by atoms with Gasteiger partial charge in [-0.05, 0) is 36.3 Å². The Morgan fingerprint density at radius 2 is 1.82 bits per heavy atom. The topological polar surface area (TPSA) is 71.1 Å². The van der Waals surface area contributed by atoms with E-state index in [2.05, 4.69) is 22.2 Å². The van der Waals surface area contributed by atoms with Gasteiger partial charge in [-0.15, -0.1) is 0 Å². The summed E-state index contributed by atoms with van der Waals surface area (Å²) >= 11 is 0. The fraction of sp³-hybridized carbons (Fsp3) is 0.211. The third kappa shape index (κ3) is 5.90. The Labute approximate surface area is 158 Å². The third-order valence-electron chi connectivity index (χ3n) is 3.78. The number of nitrogens with one attached hydrogen (secondary N) is 2. The zero-order valence-corrected chi connectivity index (χ0v) is 14.6.